The summed E-state index contributed by atoms with van der Waals surface area (Å²) in [5.41, 5.74) is 1.80. The van der Waals surface area contributed by atoms with Crippen molar-refractivity contribution in [2.24, 2.45) is 5.92 Å². The molecule has 2 aromatic carbocycles. The van der Waals surface area contributed by atoms with Crippen LogP contribution in [0.3, 0.4) is 0 Å². The van der Waals surface area contributed by atoms with Gasteiger partial charge < -0.3 is 14.8 Å². The Morgan fingerprint density at radius 3 is 2.52 bits per heavy atom. The predicted octanol–water partition coefficient (Wildman–Crippen LogP) is 5.17. The first kappa shape index (κ1) is 17.1. The van der Waals surface area contributed by atoms with Crippen LogP contribution in [0.25, 0.3) is 0 Å². The van der Waals surface area contributed by atoms with E-state index in [1.165, 1.54) is 0 Å². The summed E-state index contributed by atoms with van der Waals surface area (Å²) in [4.78, 5) is 12.1. The van der Waals surface area contributed by atoms with Gasteiger partial charge in [0.05, 0.1) is 7.11 Å². The lowest BCUT2D eigenvalue weighted by Gasteiger charge is -2.19. The average molecular weight is 337 g/mol. The maximum Gasteiger partial charge on any atom is 0.169 e. The number of methoxy groups -OCH3 is 1. The molecule has 25 heavy (non-hydrogen) atoms. The van der Waals surface area contributed by atoms with E-state index in [-0.39, 0.29) is 11.7 Å². The van der Waals surface area contributed by atoms with Gasteiger partial charge in [-0.15, -0.1) is 0 Å². The Balaban J connectivity index is 1.65. The van der Waals surface area contributed by atoms with Crippen LogP contribution in [0.5, 0.6) is 17.2 Å². The van der Waals surface area contributed by atoms with Crippen molar-refractivity contribution in [2.45, 2.75) is 26.2 Å². The van der Waals surface area contributed by atoms with E-state index in [0.29, 0.717) is 11.5 Å². The van der Waals surface area contributed by atoms with Gasteiger partial charge in [0.25, 0.3) is 0 Å². The van der Waals surface area contributed by atoms with Crippen molar-refractivity contribution in [3.8, 4) is 17.2 Å². The third kappa shape index (κ3) is 4.21. The number of ketones is 1. The summed E-state index contributed by atoms with van der Waals surface area (Å²) in [6.07, 6.45) is 4.76. The number of allylic oxidation sites excluding steroid dienone is 1. The average Bonchev–Trinajstić information content (AvgIpc) is 2.64. The molecular formula is C21H23NO3. The molecule has 0 aliphatic heterocycles. The maximum absolute atomic E-state index is 12.1. The number of rotatable bonds is 5. The fourth-order valence-corrected chi connectivity index (χ4v) is 2.93. The minimum Gasteiger partial charge on any atom is -0.493 e. The highest BCUT2D eigenvalue weighted by Gasteiger charge is 2.22. The Morgan fingerprint density at radius 1 is 1.08 bits per heavy atom. The third-order valence-corrected chi connectivity index (χ3v) is 4.41. The molecule has 1 atom stereocenters. The molecule has 0 saturated heterocycles. The molecule has 4 nitrogen and oxygen atoms in total. The number of Topliss-reactive ketones (excluding diaryl/α,β-unsaturated/α-hetero) is 1. The van der Waals surface area contributed by atoms with E-state index in [9.17, 15) is 4.79 Å². The zero-order valence-electron chi connectivity index (χ0n) is 14.6. The zero-order chi connectivity index (χ0) is 17.6. The maximum atomic E-state index is 12.1. The molecule has 0 radical (unpaired) electrons. The quantitative estimate of drug-likeness (QED) is 0.764. The first-order valence-corrected chi connectivity index (χ1v) is 8.58. The molecule has 1 fully saturated rings. The number of benzene rings is 2. The highest BCUT2D eigenvalue weighted by molar-refractivity contribution is 5.97. The van der Waals surface area contributed by atoms with Crippen LogP contribution in [0.4, 0.5) is 5.69 Å². The molecule has 0 bridgehead atoms. The summed E-state index contributed by atoms with van der Waals surface area (Å²) in [6, 6.07) is 15.2. The summed E-state index contributed by atoms with van der Waals surface area (Å²) in [6.45, 7) is 2.00. The summed E-state index contributed by atoms with van der Waals surface area (Å²) in [7, 11) is 1.62. The molecule has 130 valence electrons. The second-order valence-electron chi connectivity index (χ2n) is 6.25. The molecule has 0 amide bonds. The van der Waals surface area contributed by atoms with Crippen molar-refractivity contribution in [3.05, 3.63) is 60.3 Å². The van der Waals surface area contributed by atoms with Gasteiger partial charge in [-0.1, -0.05) is 19.1 Å². The molecule has 1 aliphatic carbocycles. The van der Waals surface area contributed by atoms with Gasteiger partial charge in [-0.2, -0.15) is 0 Å². The summed E-state index contributed by atoms with van der Waals surface area (Å²) in [5, 5.41) is 3.22. The van der Waals surface area contributed by atoms with Crippen LogP contribution in [0.2, 0.25) is 0 Å². The first-order valence-electron chi connectivity index (χ1n) is 8.58. The monoisotopic (exact) mass is 337 g/mol. The number of carbonyl (C=O) groups is 1. The van der Waals surface area contributed by atoms with Crippen molar-refractivity contribution in [1.29, 1.82) is 0 Å². The van der Waals surface area contributed by atoms with Crippen LogP contribution in [0, 0.1) is 5.92 Å². The lowest BCUT2D eigenvalue weighted by molar-refractivity contribution is -0.119. The van der Waals surface area contributed by atoms with Crippen molar-refractivity contribution < 1.29 is 14.3 Å². The van der Waals surface area contributed by atoms with Gasteiger partial charge in [0.15, 0.2) is 17.3 Å². The Hall–Kier alpha value is -2.75. The van der Waals surface area contributed by atoms with Crippen LogP contribution in [0.1, 0.15) is 26.2 Å². The summed E-state index contributed by atoms with van der Waals surface area (Å²) >= 11 is 0. The van der Waals surface area contributed by atoms with Crippen molar-refractivity contribution in [3.63, 3.8) is 0 Å². The van der Waals surface area contributed by atoms with E-state index in [2.05, 4.69) is 5.32 Å². The van der Waals surface area contributed by atoms with Crippen molar-refractivity contribution in [2.75, 3.05) is 12.4 Å². The molecule has 2 aromatic rings. The van der Waals surface area contributed by atoms with Gasteiger partial charge in [0.2, 0.25) is 0 Å². The Morgan fingerprint density at radius 2 is 1.80 bits per heavy atom. The van der Waals surface area contributed by atoms with Crippen LogP contribution >= 0.6 is 0 Å². The first-order chi connectivity index (χ1) is 12.2. The fourth-order valence-electron chi connectivity index (χ4n) is 2.93. The smallest absolute Gasteiger partial charge is 0.169 e. The SMILES string of the molecule is COc1ccccc1Oc1ccc(N/C=C2/CCCC(C)C2=O)cc1. The molecule has 0 spiro atoms. The standard InChI is InChI=1S/C21H23NO3/c1-15-6-5-7-16(21(15)23)14-22-17-10-12-18(13-11-17)25-20-9-4-3-8-19(20)24-2/h3-4,8-15,22H,5-7H2,1-2H3/b16-14-. The van der Waals surface area contributed by atoms with Crippen molar-refractivity contribution >= 4 is 11.5 Å². The topological polar surface area (TPSA) is 47.6 Å². The second-order valence-corrected chi connectivity index (χ2v) is 6.25. The molecule has 1 aliphatic rings. The van der Waals surface area contributed by atoms with E-state index in [0.717, 1.165) is 36.3 Å². The van der Waals surface area contributed by atoms with Gasteiger partial charge in [-0.05, 0) is 55.7 Å². The van der Waals surface area contributed by atoms with Gasteiger partial charge in [0, 0.05) is 23.4 Å². The third-order valence-electron chi connectivity index (χ3n) is 4.41. The molecule has 4 heteroatoms. The highest BCUT2D eigenvalue weighted by Crippen LogP contribution is 2.31. The Kier molecular flexibility index (Phi) is 5.39. The minimum atomic E-state index is 0.137. The lowest BCUT2D eigenvalue weighted by Crippen LogP contribution is -2.19. The number of carbonyl (C=O) groups excluding carboxylic acids is 1. The summed E-state index contributed by atoms with van der Waals surface area (Å²) in [5.74, 6) is 2.49. The van der Waals surface area contributed by atoms with Crippen molar-refractivity contribution in [1.82, 2.24) is 0 Å². The van der Waals surface area contributed by atoms with Gasteiger partial charge >= 0.3 is 0 Å². The molecule has 0 heterocycles. The van der Waals surface area contributed by atoms with E-state index >= 15 is 0 Å². The van der Waals surface area contributed by atoms with Gasteiger partial charge in [-0.25, -0.2) is 0 Å². The largest absolute Gasteiger partial charge is 0.493 e. The van der Waals surface area contributed by atoms with Crippen LogP contribution in [-0.4, -0.2) is 12.9 Å². The van der Waals surface area contributed by atoms with Gasteiger partial charge in [0.1, 0.15) is 5.75 Å². The van der Waals surface area contributed by atoms with Crippen LogP contribution in [-0.2, 0) is 4.79 Å². The Bertz CT molecular complexity index is 765. The summed E-state index contributed by atoms with van der Waals surface area (Å²) < 4.78 is 11.1. The minimum absolute atomic E-state index is 0.137. The van der Waals surface area contributed by atoms with Crippen LogP contribution in [0.15, 0.2) is 60.3 Å². The van der Waals surface area contributed by atoms with E-state index < -0.39 is 0 Å². The number of ether oxygens (including phenoxy) is 2. The normalized spacial score (nSPS) is 18.9. The molecule has 1 N–H and O–H groups in total. The molecule has 0 aromatic heterocycles. The number of para-hydroxylation sites is 2. The van der Waals surface area contributed by atoms with E-state index in [1.807, 2.05) is 61.7 Å². The molecule has 3 rings (SSSR count). The predicted molar refractivity (Wildman–Crippen MR) is 99.2 cm³/mol. The number of hydrogen-bond acceptors (Lipinski definition) is 4. The number of hydrogen-bond donors (Lipinski definition) is 1. The zero-order valence-corrected chi connectivity index (χ0v) is 14.6. The highest BCUT2D eigenvalue weighted by atomic mass is 16.5. The second kappa shape index (κ2) is 7.88. The lowest BCUT2D eigenvalue weighted by atomic mass is 9.86. The fraction of sp³-hybridized carbons (Fsp3) is 0.286. The molecule has 1 saturated carbocycles. The molecular weight excluding hydrogens is 314 g/mol. The number of nitrogens with one attached hydrogen (secondary N) is 1. The molecule has 1 unspecified atom stereocenters. The van der Waals surface area contributed by atoms with E-state index in [1.54, 1.807) is 7.11 Å². The van der Waals surface area contributed by atoms with Gasteiger partial charge in [-0.3, -0.25) is 4.79 Å². The Labute approximate surface area is 148 Å². The number of anilines is 1. The van der Waals surface area contributed by atoms with Crippen LogP contribution < -0.4 is 14.8 Å². The van der Waals surface area contributed by atoms with E-state index in [4.69, 9.17) is 9.47 Å².